The smallest absolute Gasteiger partial charge is 0.320 e. The van der Waals surface area contributed by atoms with Crippen molar-refractivity contribution in [1.82, 2.24) is 15.2 Å². The maximum absolute atomic E-state index is 5.95. The van der Waals surface area contributed by atoms with Crippen molar-refractivity contribution in [2.24, 2.45) is 0 Å². The van der Waals surface area contributed by atoms with Crippen molar-refractivity contribution in [2.45, 2.75) is 6.92 Å². The van der Waals surface area contributed by atoms with E-state index >= 15 is 0 Å². The van der Waals surface area contributed by atoms with Gasteiger partial charge in [-0.2, -0.15) is 0 Å². The normalized spacial score (nSPS) is 11.0. The van der Waals surface area contributed by atoms with Crippen molar-refractivity contribution < 1.29 is 4.42 Å². The summed E-state index contributed by atoms with van der Waals surface area (Å²) in [4.78, 5) is 4.82. The van der Waals surface area contributed by atoms with Crippen LogP contribution < -0.4 is 5.32 Å². The maximum Gasteiger partial charge on any atom is 0.320 e. The number of benzene rings is 3. The van der Waals surface area contributed by atoms with Crippen LogP contribution in [0.4, 0.5) is 11.7 Å². The molecule has 6 heteroatoms. The number of aromatic nitrogens is 3. The van der Waals surface area contributed by atoms with Crippen LogP contribution in [0.3, 0.4) is 0 Å². The molecule has 5 aromatic rings. The number of fused-ring (bicyclic) bond motifs is 1. The van der Waals surface area contributed by atoms with Gasteiger partial charge >= 0.3 is 6.01 Å². The van der Waals surface area contributed by atoms with E-state index in [2.05, 4.69) is 31.4 Å². The molecule has 0 unspecified atom stereocenters. The second-order valence-corrected chi connectivity index (χ2v) is 7.90. The van der Waals surface area contributed by atoms with E-state index in [4.69, 9.17) is 9.40 Å². The molecule has 2 aromatic heterocycles. The van der Waals surface area contributed by atoms with Gasteiger partial charge in [0.1, 0.15) is 0 Å². The monoisotopic (exact) mass is 456 g/mol. The van der Waals surface area contributed by atoms with Crippen LogP contribution in [-0.4, -0.2) is 15.2 Å². The Balaban J connectivity index is 1.57. The summed E-state index contributed by atoms with van der Waals surface area (Å²) in [6.07, 6.45) is 0. The fourth-order valence-electron chi connectivity index (χ4n) is 3.26. The van der Waals surface area contributed by atoms with Gasteiger partial charge in [-0.3, -0.25) is 0 Å². The number of halogens is 1. The first kappa shape index (κ1) is 18.5. The van der Waals surface area contributed by atoms with E-state index in [0.29, 0.717) is 11.9 Å². The fourth-order valence-corrected chi connectivity index (χ4v) is 3.53. The van der Waals surface area contributed by atoms with E-state index in [0.717, 1.165) is 37.9 Å². The molecule has 0 atom stereocenters. The number of hydrogen-bond acceptors (Lipinski definition) is 5. The minimum absolute atomic E-state index is 0.347. The molecule has 3 aromatic carbocycles. The van der Waals surface area contributed by atoms with Crippen LogP contribution in [0.2, 0.25) is 0 Å². The van der Waals surface area contributed by atoms with Crippen LogP contribution in [-0.2, 0) is 0 Å². The summed E-state index contributed by atoms with van der Waals surface area (Å²) in [6.45, 7) is 2.05. The quantitative estimate of drug-likeness (QED) is 0.323. The van der Waals surface area contributed by atoms with Crippen molar-refractivity contribution >= 4 is 38.5 Å². The molecular weight excluding hydrogens is 440 g/mol. The number of nitrogens with one attached hydrogen (secondary N) is 1. The first-order chi connectivity index (χ1) is 14.7. The number of anilines is 2. The molecule has 30 heavy (non-hydrogen) atoms. The van der Waals surface area contributed by atoms with Crippen LogP contribution in [0, 0.1) is 6.92 Å². The van der Waals surface area contributed by atoms with E-state index in [9.17, 15) is 0 Å². The molecule has 0 saturated heterocycles. The van der Waals surface area contributed by atoms with Gasteiger partial charge in [-0.15, -0.1) is 5.10 Å². The third kappa shape index (κ3) is 3.69. The number of hydrogen-bond donors (Lipinski definition) is 1. The van der Waals surface area contributed by atoms with E-state index in [1.807, 2.05) is 85.8 Å². The molecule has 0 spiro atoms. The topological polar surface area (TPSA) is 63.8 Å². The maximum atomic E-state index is 5.95. The molecule has 0 aliphatic heterocycles. The second kappa shape index (κ2) is 7.72. The number of para-hydroxylation sites is 1. The second-order valence-electron chi connectivity index (χ2n) is 6.98. The number of pyridine rings is 1. The van der Waals surface area contributed by atoms with Gasteiger partial charge in [0.25, 0.3) is 5.89 Å². The van der Waals surface area contributed by atoms with Crippen LogP contribution in [0.15, 0.2) is 87.8 Å². The predicted molar refractivity (Wildman–Crippen MR) is 123 cm³/mol. The van der Waals surface area contributed by atoms with E-state index in [1.54, 1.807) is 0 Å². The Hall–Kier alpha value is -3.51. The van der Waals surface area contributed by atoms with Crippen molar-refractivity contribution in [3.05, 3.63) is 88.9 Å². The molecule has 0 bridgehead atoms. The summed E-state index contributed by atoms with van der Waals surface area (Å²) < 4.78 is 6.98. The highest BCUT2D eigenvalue weighted by Crippen LogP contribution is 2.32. The Kier molecular flexibility index (Phi) is 4.77. The molecule has 146 valence electrons. The molecule has 0 aliphatic carbocycles. The highest BCUT2D eigenvalue weighted by atomic mass is 79.9. The van der Waals surface area contributed by atoms with Gasteiger partial charge in [0.15, 0.2) is 0 Å². The van der Waals surface area contributed by atoms with Gasteiger partial charge in [-0.1, -0.05) is 69.1 Å². The Morgan fingerprint density at radius 2 is 1.63 bits per heavy atom. The largest absolute Gasteiger partial charge is 0.403 e. The molecule has 0 radical (unpaired) electrons. The average Bonchev–Trinajstić information content (AvgIpc) is 3.23. The van der Waals surface area contributed by atoms with E-state index < -0.39 is 0 Å². The number of rotatable bonds is 4. The zero-order valence-corrected chi connectivity index (χ0v) is 17.7. The third-order valence-electron chi connectivity index (χ3n) is 4.81. The molecule has 0 aliphatic rings. The SMILES string of the molecule is Cc1ccc(Nc2nnc(-c3cc(-c4ccc(Br)cc4)nc4ccccc34)o2)cc1. The Morgan fingerprint density at radius 3 is 2.43 bits per heavy atom. The third-order valence-corrected chi connectivity index (χ3v) is 5.34. The highest BCUT2D eigenvalue weighted by molar-refractivity contribution is 9.10. The summed E-state index contributed by atoms with van der Waals surface area (Å²) >= 11 is 3.48. The molecule has 2 heterocycles. The predicted octanol–water partition coefficient (Wildman–Crippen LogP) is 6.77. The first-order valence-electron chi connectivity index (χ1n) is 9.49. The van der Waals surface area contributed by atoms with Crippen LogP contribution in [0.1, 0.15) is 5.56 Å². The molecule has 5 nitrogen and oxygen atoms in total. The lowest BCUT2D eigenvalue weighted by molar-refractivity contribution is 0.588. The van der Waals surface area contributed by atoms with Gasteiger partial charge in [0.05, 0.1) is 16.8 Å². The van der Waals surface area contributed by atoms with Gasteiger partial charge in [-0.05, 0) is 43.3 Å². The highest BCUT2D eigenvalue weighted by Gasteiger charge is 2.15. The summed E-state index contributed by atoms with van der Waals surface area (Å²) in [5.41, 5.74) is 5.67. The van der Waals surface area contributed by atoms with Crippen LogP contribution >= 0.6 is 15.9 Å². The van der Waals surface area contributed by atoms with Gasteiger partial charge < -0.3 is 9.73 Å². The fraction of sp³-hybridized carbons (Fsp3) is 0.0417. The molecule has 1 N–H and O–H groups in total. The first-order valence-corrected chi connectivity index (χ1v) is 10.3. The molecule has 0 fully saturated rings. The summed E-state index contributed by atoms with van der Waals surface area (Å²) in [7, 11) is 0. The average molecular weight is 457 g/mol. The molecular formula is C24H17BrN4O. The molecule has 0 amide bonds. The lowest BCUT2D eigenvalue weighted by Crippen LogP contribution is -1.90. The standard InChI is InChI=1S/C24H17BrN4O/c1-15-6-12-18(13-7-15)26-24-29-28-23(30-24)20-14-22(16-8-10-17(25)11-9-16)27-21-5-3-2-4-19(20)21/h2-14H,1H3,(H,26,29). The minimum Gasteiger partial charge on any atom is -0.403 e. The Morgan fingerprint density at radius 1 is 0.867 bits per heavy atom. The summed E-state index contributed by atoms with van der Waals surface area (Å²) in [5.74, 6) is 0.446. The Bertz CT molecular complexity index is 1330. The van der Waals surface area contributed by atoms with E-state index in [-0.39, 0.29) is 0 Å². The zero-order valence-electron chi connectivity index (χ0n) is 16.1. The van der Waals surface area contributed by atoms with Crippen LogP contribution in [0.25, 0.3) is 33.6 Å². The lowest BCUT2D eigenvalue weighted by Gasteiger charge is -2.08. The summed E-state index contributed by atoms with van der Waals surface area (Å²) in [5, 5.41) is 12.6. The zero-order chi connectivity index (χ0) is 20.5. The number of aryl methyl sites for hydroxylation is 1. The Labute approximate surface area is 181 Å². The van der Waals surface area contributed by atoms with Gasteiger partial charge in [0, 0.05) is 21.1 Å². The van der Waals surface area contributed by atoms with Gasteiger partial charge in [0.2, 0.25) is 0 Å². The number of nitrogens with zero attached hydrogens (tertiary/aromatic N) is 3. The van der Waals surface area contributed by atoms with E-state index in [1.165, 1.54) is 5.56 Å². The van der Waals surface area contributed by atoms with Gasteiger partial charge in [-0.25, -0.2) is 4.98 Å². The van der Waals surface area contributed by atoms with Crippen molar-refractivity contribution in [3.63, 3.8) is 0 Å². The molecule has 5 rings (SSSR count). The van der Waals surface area contributed by atoms with Crippen LogP contribution in [0.5, 0.6) is 0 Å². The summed E-state index contributed by atoms with van der Waals surface area (Å²) in [6, 6.07) is 26.4. The van der Waals surface area contributed by atoms with Crippen molar-refractivity contribution in [3.8, 4) is 22.7 Å². The van der Waals surface area contributed by atoms with Crippen molar-refractivity contribution in [2.75, 3.05) is 5.32 Å². The molecule has 0 saturated carbocycles. The van der Waals surface area contributed by atoms with Crippen molar-refractivity contribution in [1.29, 1.82) is 0 Å². The minimum atomic E-state index is 0.347. The lowest BCUT2D eigenvalue weighted by atomic mass is 10.0.